The molecular formula is C23H26N2O4S2. The van der Waals surface area contributed by atoms with E-state index in [2.05, 4.69) is 48.3 Å². The maximum Gasteiger partial charge on any atom is 0.262 e. The van der Waals surface area contributed by atoms with Crippen LogP contribution >= 0.6 is 11.3 Å². The van der Waals surface area contributed by atoms with Gasteiger partial charge in [-0.1, -0.05) is 49.1 Å². The molecule has 0 aliphatic heterocycles. The number of carbonyl (C=O) groups is 1. The first kappa shape index (κ1) is 23.1. The molecule has 3 rings (SSSR count). The molecule has 0 bridgehead atoms. The van der Waals surface area contributed by atoms with Crippen LogP contribution in [0.2, 0.25) is 0 Å². The van der Waals surface area contributed by atoms with Gasteiger partial charge in [0.1, 0.15) is 0 Å². The van der Waals surface area contributed by atoms with E-state index in [1.807, 2.05) is 22.4 Å². The number of sulfonamides is 1. The number of rotatable bonds is 9. The maximum atomic E-state index is 12.9. The van der Waals surface area contributed by atoms with Crippen molar-refractivity contribution in [3.8, 4) is 0 Å². The number of hydrogen-bond donors (Lipinski definition) is 2. The van der Waals surface area contributed by atoms with Gasteiger partial charge in [-0.2, -0.15) is 0 Å². The van der Waals surface area contributed by atoms with Crippen LogP contribution in [0.25, 0.3) is 0 Å². The lowest BCUT2D eigenvalue weighted by Crippen LogP contribution is -2.29. The molecule has 2 aromatic carbocycles. The average Bonchev–Trinajstić information content (AvgIpc) is 3.27. The summed E-state index contributed by atoms with van der Waals surface area (Å²) in [6.45, 7) is 4.37. The topological polar surface area (TPSA) is 84.5 Å². The van der Waals surface area contributed by atoms with Crippen molar-refractivity contribution >= 4 is 27.3 Å². The fraction of sp³-hybridized carbons (Fsp3) is 0.261. The number of thiophene rings is 1. The predicted octanol–water partition coefficient (Wildman–Crippen LogP) is 4.31. The standard InChI is InChI=1S/C23H26N2O4S2/c1-16(2)15-17-6-8-18(9-7-17)22(21-5-4-14-30-21)24-23(26)19-10-12-20(13-11-19)31(27,28)25-29-3/h4-14,16,22,25H,15H2,1-3H3,(H,24,26). The predicted molar refractivity (Wildman–Crippen MR) is 122 cm³/mol. The number of amides is 1. The minimum absolute atomic E-state index is 0.0152. The van der Waals surface area contributed by atoms with E-state index >= 15 is 0 Å². The third kappa shape index (κ3) is 6.01. The zero-order chi connectivity index (χ0) is 22.4. The summed E-state index contributed by atoms with van der Waals surface area (Å²) in [5.41, 5.74) is 2.62. The Hall–Kier alpha value is -2.52. The molecule has 164 valence electrons. The molecule has 1 amide bonds. The molecule has 0 spiro atoms. The van der Waals surface area contributed by atoms with E-state index in [0.717, 1.165) is 16.9 Å². The second-order valence-electron chi connectivity index (χ2n) is 7.58. The molecule has 0 fully saturated rings. The van der Waals surface area contributed by atoms with Gasteiger partial charge in [0, 0.05) is 10.4 Å². The minimum Gasteiger partial charge on any atom is -0.340 e. The highest BCUT2D eigenvalue weighted by Crippen LogP contribution is 2.27. The van der Waals surface area contributed by atoms with Gasteiger partial charge in [0.15, 0.2) is 0 Å². The summed E-state index contributed by atoms with van der Waals surface area (Å²) >= 11 is 1.57. The summed E-state index contributed by atoms with van der Waals surface area (Å²) in [5.74, 6) is 0.290. The zero-order valence-electron chi connectivity index (χ0n) is 17.7. The maximum absolute atomic E-state index is 12.9. The molecule has 1 atom stereocenters. The van der Waals surface area contributed by atoms with Crippen LogP contribution < -0.4 is 10.2 Å². The van der Waals surface area contributed by atoms with Gasteiger partial charge in [0.2, 0.25) is 0 Å². The molecule has 1 unspecified atom stereocenters. The Balaban J connectivity index is 1.81. The zero-order valence-corrected chi connectivity index (χ0v) is 19.3. The minimum atomic E-state index is -3.77. The van der Waals surface area contributed by atoms with E-state index in [1.165, 1.54) is 36.9 Å². The molecule has 0 saturated heterocycles. The van der Waals surface area contributed by atoms with Crippen LogP contribution in [0.3, 0.4) is 0 Å². The first-order valence-electron chi connectivity index (χ1n) is 9.88. The van der Waals surface area contributed by atoms with E-state index in [0.29, 0.717) is 11.5 Å². The normalized spacial score (nSPS) is 12.6. The van der Waals surface area contributed by atoms with Gasteiger partial charge in [-0.05, 0) is 59.2 Å². The Morgan fingerprint density at radius 3 is 2.26 bits per heavy atom. The first-order valence-corrected chi connectivity index (χ1v) is 12.2. The molecule has 31 heavy (non-hydrogen) atoms. The third-order valence-electron chi connectivity index (χ3n) is 4.68. The largest absolute Gasteiger partial charge is 0.340 e. The number of benzene rings is 2. The van der Waals surface area contributed by atoms with Crippen molar-refractivity contribution in [3.63, 3.8) is 0 Å². The number of nitrogens with one attached hydrogen (secondary N) is 2. The van der Waals surface area contributed by atoms with Gasteiger partial charge in [-0.15, -0.1) is 11.3 Å². The summed E-state index contributed by atoms with van der Waals surface area (Å²) in [6.07, 6.45) is 1.00. The molecule has 6 nitrogen and oxygen atoms in total. The van der Waals surface area contributed by atoms with Crippen LogP contribution in [-0.2, 0) is 21.3 Å². The van der Waals surface area contributed by atoms with Crippen LogP contribution in [0.4, 0.5) is 0 Å². The second-order valence-corrected chi connectivity index (χ2v) is 10.2. The van der Waals surface area contributed by atoms with Crippen LogP contribution in [0, 0.1) is 5.92 Å². The SMILES string of the molecule is CONS(=O)(=O)c1ccc(C(=O)NC(c2ccc(CC(C)C)cc2)c2cccs2)cc1. The molecule has 0 radical (unpaired) electrons. The highest BCUT2D eigenvalue weighted by molar-refractivity contribution is 7.89. The smallest absolute Gasteiger partial charge is 0.262 e. The second kappa shape index (κ2) is 10.2. The van der Waals surface area contributed by atoms with Crippen molar-refractivity contribution in [1.82, 2.24) is 10.2 Å². The van der Waals surface area contributed by atoms with Crippen molar-refractivity contribution in [2.75, 3.05) is 7.11 Å². The van der Waals surface area contributed by atoms with Gasteiger partial charge < -0.3 is 5.32 Å². The van der Waals surface area contributed by atoms with E-state index in [1.54, 1.807) is 11.3 Å². The van der Waals surface area contributed by atoms with Crippen molar-refractivity contribution in [3.05, 3.63) is 87.6 Å². The van der Waals surface area contributed by atoms with Gasteiger partial charge >= 0.3 is 0 Å². The van der Waals surface area contributed by atoms with Crippen molar-refractivity contribution in [2.45, 2.75) is 31.2 Å². The van der Waals surface area contributed by atoms with Gasteiger partial charge in [-0.25, -0.2) is 8.42 Å². The molecule has 8 heteroatoms. The molecule has 1 heterocycles. The van der Waals surface area contributed by atoms with Gasteiger partial charge in [-0.3, -0.25) is 9.63 Å². The summed E-state index contributed by atoms with van der Waals surface area (Å²) < 4.78 is 24.0. The summed E-state index contributed by atoms with van der Waals surface area (Å²) in [4.78, 5) is 20.4. The van der Waals surface area contributed by atoms with Gasteiger partial charge in [0.05, 0.1) is 18.0 Å². The molecule has 2 N–H and O–H groups in total. The summed E-state index contributed by atoms with van der Waals surface area (Å²) in [5, 5.41) is 5.05. The van der Waals surface area contributed by atoms with E-state index in [4.69, 9.17) is 0 Å². The third-order valence-corrected chi connectivity index (χ3v) is 6.90. The van der Waals surface area contributed by atoms with Crippen LogP contribution in [0.5, 0.6) is 0 Å². The molecular weight excluding hydrogens is 432 g/mol. The van der Waals surface area contributed by atoms with Crippen LogP contribution in [-0.4, -0.2) is 21.4 Å². The van der Waals surface area contributed by atoms with Gasteiger partial charge in [0.25, 0.3) is 15.9 Å². The monoisotopic (exact) mass is 458 g/mol. The van der Waals surface area contributed by atoms with E-state index in [9.17, 15) is 13.2 Å². The number of carbonyl (C=O) groups excluding carboxylic acids is 1. The summed E-state index contributed by atoms with van der Waals surface area (Å²) in [7, 11) is -2.55. The molecule has 0 saturated carbocycles. The highest BCUT2D eigenvalue weighted by atomic mass is 32.2. The summed E-state index contributed by atoms with van der Waals surface area (Å²) in [6, 6.07) is 17.7. The lowest BCUT2D eigenvalue weighted by atomic mass is 9.98. The fourth-order valence-electron chi connectivity index (χ4n) is 3.25. The molecule has 1 aromatic heterocycles. The Labute approximate surface area is 187 Å². The van der Waals surface area contributed by atoms with E-state index in [-0.39, 0.29) is 16.8 Å². The highest BCUT2D eigenvalue weighted by Gasteiger charge is 2.20. The van der Waals surface area contributed by atoms with Crippen molar-refractivity contribution < 1.29 is 18.0 Å². The van der Waals surface area contributed by atoms with Crippen LogP contribution in [0.15, 0.2) is 70.9 Å². The fourth-order valence-corrected chi connectivity index (χ4v) is 4.86. The quantitative estimate of drug-likeness (QED) is 0.468. The Morgan fingerprint density at radius 1 is 1.03 bits per heavy atom. The Morgan fingerprint density at radius 2 is 1.71 bits per heavy atom. The van der Waals surface area contributed by atoms with Crippen molar-refractivity contribution in [2.24, 2.45) is 5.92 Å². The van der Waals surface area contributed by atoms with Crippen LogP contribution in [0.1, 0.15) is 46.3 Å². The van der Waals surface area contributed by atoms with Crippen molar-refractivity contribution in [1.29, 1.82) is 0 Å². The molecule has 3 aromatic rings. The average molecular weight is 459 g/mol. The number of hydrogen-bond acceptors (Lipinski definition) is 5. The lowest BCUT2D eigenvalue weighted by Gasteiger charge is -2.19. The molecule has 0 aliphatic rings. The molecule has 0 aliphatic carbocycles. The Bertz CT molecular complexity index is 1090. The lowest BCUT2D eigenvalue weighted by molar-refractivity contribution is 0.0943. The van der Waals surface area contributed by atoms with E-state index < -0.39 is 10.0 Å². The Kier molecular flexibility index (Phi) is 7.61. The first-order chi connectivity index (χ1) is 14.8.